The highest BCUT2D eigenvalue weighted by atomic mass is 127. The van der Waals surface area contributed by atoms with E-state index >= 15 is 0 Å². The fraction of sp³-hybridized carbons (Fsp3) is 0.211. The first-order valence-corrected chi connectivity index (χ1v) is 9.94. The van der Waals surface area contributed by atoms with Gasteiger partial charge in [-0.1, -0.05) is 0 Å². The van der Waals surface area contributed by atoms with E-state index in [-0.39, 0.29) is 12.4 Å². The van der Waals surface area contributed by atoms with Crippen molar-refractivity contribution in [1.29, 1.82) is 0 Å². The lowest BCUT2D eigenvalue weighted by atomic mass is 10.2. The molecule has 30 heavy (non-hydrogen) atoms. The third-order valence-electron chi connectivity index (χ3n) is 3.78. The molecule has 0 spiro atoms. The molecule has 0 bridgehead atoms. The number of methoxy groups -OCH3 is 1. The molecule has 0 unspecified atom stereocenters. The molecule has 0 saturated carbocycles. The predicted molar refractivity (Wildman–Crippen MR) is 116 cm³/mol. The number of amides is 1. The Kier molecular flexibility index (Phi) is 7.27. The summed E-state index contributed by atoms with van der Waals surface area (Å²) in [5, 5.41) is 15.7. The molecule has 0 aliphatic heterocycles. The van der Waals surface area contributed by atoms with E-state index in [1.165, 1.54) is 30.5 Å². The van der Waals surface area contributed by atoms with Crippen molar-refractivity contribution in [2.24, 2.45) is 5.10 Å². The van der Waals surface area contributed by atoms with Crippen molar-refractivity contribution in [3.05, 3.63) is 51.3 Å². The minimum atomic E-state index is -0.429. The standard InChI is InChI=1S/C19H18FIN6O3/c1-3-30-18-15(21)8-12(9-16(18)29-2)10-22-23-17(28)11-27-25-19(24-26-27)13-4-6-14(20)7-5-13/h4-10H,3,11H2,1-2H3,(H,23,28). The first kappa shape index (κ1) is 21.6. The minimum absolute atomic E-state index is 0.171. The molecule has 3 aromatic rings. The Bertz CT molecular complexity index is 1050. The molecule has 0 saturated heterocycles. The van der Waals surface area contributed by atoms with Crippen molar-refractivity contribution >= 4 is 34.7 Å². The van der Waals surface area contributed by atoms with Crippen molar-refractivity contribution in [3.63, 3.8) is 0 Å². The second kappa shape index (κ2) is 10.1. The lowest BCUT2D eigenvalue weighted by Crippen LogP contribution is -2.24. The lowest BCUT2D eigenvalue weighted by Gasteiger charge is -2.12. The van der Waals surface area contributed by atoms with E-state index < -0.39 is 5.91 Å². The Labute approximate surface area is 185 Å². The van der Waals surface area contributed by atoms with Gasteiger partial charge in [0.1, 0.15) is 12.4 Å². The van der Waals surface area contributed by atoms with Crippen LogP contribution >= 0.6 is 22.6 Å². The first-order valence-electron chi connectivity index (χ1n) is 8.86. The molecule has 1 amide bonds. The quantitative estimate of drug-likeness (QED) is 0.276. The second-order valence-electron chi connectivity index (χ2n) is 5.91. The summed E-state index contributed by atoms with van der Waals surface area (Å²) < 4.78 is 24.8. The largest absolute Gasteiger partial charge is 0.493 e. The average Bonchev–Trinajstić information content (AvgIpc) is 3.18. The zero-order valence-electron chi connectivity index (χ0n) is 16.2. The summed E-state index contributed by atoms with van der Waals surface area (Å²) in [4.78, 5) is 13.2. The molecule has 0 fully saturated rings. The van der Waals surface area contributed by atoms with Gasteiger partial charge in [-0.2, -0.15) is 9.90 Å². The summed E-state index contributed by atoms with van der Waals surface area (Å²) in [7, 11) is 1.56. The van der Waals surface area contributed by atoms with Crippen molar-refractivity contribution in [2.75, 3.05) is 13.7 Å². The fourth-order valence-electron chi connectivity index (χ4n) is 2.47. The molecule has 0 atom stereocenters. The number of nitrogens with zero attached hydrogens (tertiary/aromatic N) is 5. The minimum Gasteiger partial charge on any atom is -0.493 e. The van der Waals surface area contributed by atoms with Gasteiger partial charge in [-0.25, -0.2) is 9.82 Å². The zero-order valence-corrected chi connectivity index (χ0v) is 18.3. The van der Waals surface area contributed by atoms with Crippen LogP contribution in [-0.4, -0.2) is 46.0 Å². The summed E-state index contributed by atoms with van der Waals surface area (Å²) in [6.45, 7) is 2.25. The Morgan fingerprint density at radius 1 is 1.33 bits per heavy atom. The number of hydrazone groups is 1. The molecule has 3 rings (SSSR count). The number of ether oxygens (including phenoxy) is 2. The highest BCUT2D eigenvalue weighted by Crippen LogP contribution is 2.33. The number of nitrogens with one attached hydrogen (secondary N) is 1. The van der Waals surface area contributed by atoms with E-state index in [2.05, 4.69) is 48.5 Å². The van der Waals surface area contributed by atoms with Crippen LogP contribution in [-0.2, 0) is 11.3 Å². The average molecular weight is 524 g/mol. The van der Waals surface area contributed by atoms with Gasteiger partial charge in [-0.05, 0) is 76.7 Å². The Morgan fingerprint density at radius 2 is 2.10 bits per heavy atom. The van der Waals surface area contributed by atoms with Crippen LogP contribution in [0.1, 0.15) is 12.5 Å². The molecule has 0 radical (unpaired) electrons. The molecular weight excluding hydrogens is 506 g/mol. The molecule has 1 aromatic heterocycles. The summed E-state index contributed by atoms with van der Waals surface area (Å²) in [6, 6.07) is 9.29. The third kappa shape index (κ3) is 5.49. The number of tetrazole rings is 1. The van der Waals surface area contributed by atoms with Gasteiger partial charge >= 0.3 is 0 Å². The smallest absolute Gasteiger partial charge is 0.263 e. The van der Waals surface area contributed by atoms with Gasteiger partial charge in [0.2, 0.25) is 5.82 Å². The number of benzene rings is 2. The maximum absolute atomic E-state index is 13.0. The van der Waals surface area contributed by atoms with E-state index in [1.807, 2.05) is 13.0 Å². The number of hydrogen-bond acceptors (Lipinski definition) is 7. The van der Waals surface area contributed by atoms with Gasteiger partial charge in [0, 0.05) is 5.56 Å². The Hall–Kier alpha value is -3.09. The normalized spacial score (nSPS) is 10.9. The van der Waals surface area contributed by atoms with Gasteiger partial charge in [0.15, 0.2) is 11.5 Å². The van der Waals surface area contributed by atoms with Crippen LogP contribution in [0.15, 0.2) is 41.5 Å². The van der Waals surface area contributed by atoms with Crippen LogP contribution in [0.5, 0.6) is 11.5 Å². The topological polar surface area (TPSA) is 104 Å². The summed E-state index contributed by atoms with van der Waals surface area (Å²) in [5.74, 6) is 0.750. The van der Waals surface area contributed by atoms with Gasteiger partial charge in [0.05, 0.1) is 23.5 Å². The Morgan fingerprint density at radius 3 is 2.80 bits per heavy atom. The molecule has 11 heteroatoms. The second-order valence-corrected chi connectivity index (χ2v) is 7.07. The maximum atomic E-state index is 13.0. The van der Waals surface area contributed by atoms with Crippen LogP contribution in [0, 0.1) is 9.39 Å². The summed E-state index contributed by atoms with van der Waals surface area (Å²) in [5.41, 5.74) is 3.74. The van der Waals surface area contributed by atoms with E-state index in [1.54, 1.807) is 13.2 Å². The van der Waals surface area contributed by atoms with Crippen LogP contribution in [0.2, 0.25) is 0 Å². The number of carbonyl (C=O) groups is 1. The van der Waals surface area contributed by atoms with Crippen molar-refractivity contribution in [2.45, 2.75) is 13.5 Å². The molecule has 1 heterocycles. The van der Waals surface area contributed by atoms with Gasteiger partial charge < -0.3 is 9.47 Å². The molecule has 0 aliphatic carbocycles. The van der Waals surface area contributed by atoms with E-state index in [0.717, 1.165) is 13.9 Å². The van der Waals surface area contributed by atoms with Crippen molar-refractivity contribution in [1.82, 2.24) is 25.6 Å². The first-order chi connectivity index (χ1) is 14.5. The summed E-state index contributed by atoms with van der Waals surface area (Å²) in [6.07, 6.45) is 1.50. The van der Waals surface area contributed by atoms with E-state index in [4.69, 9.17) is 9.47 Å². The highest BCUT2D eigenvalue weighted by molar-refractivity contribution is 14.1. The summed E-state index contributed by atoms with van der Waals surface area (Å²) >= 11 is 2.15. The zero-order chi connectivity index (χ0) is 21.5. The van der Waals surface area contributed by atoms with Crippen LogP contribution in [0.3, 0.4) is 0 Å². The molecule has 0 aliphatic rings. The molecule has 2 aromatic carbocycles. The third-order valence-corrected chi connectivity index (χ3v) is 4.58. The monoisotopic (exact) mass is 524 g/mol. The number of halogens is 2. The van der Waals surface area contributed by atoms with Gasteiger partial charge in [0.25, 0.3) is 5.91 Å². The fourth-order valence-corrected chi connectivity index (χ4v) is 3.25. The molecule has 156 valence electrons. The van der Waals surface area contributed by atoms with E-state index in [0.29, 0.717) is 29.5 Å². The van der Waals surface area contributed by atoms with Crippen LogP contribution in [0.25, 0.3) is 11.4 Å². The number of carbonyl (C=O) groups excluding carboxylic acids is 1. The Balaban J connectivity index is 1.60. The SMILES string of the molecule is CCOc1c(I)cc(C=NNC(=O)Cn2nnc(-c3ccc(F)cc3)n2)cc1OC. The van der Waals surface area contributed by atoms with E-state index in [9.17, 15) is 9.18 Å². The number of hydrogen-bond donors (Lipinski definition) is 1. The van der Waals surface area contributed by atoms with Crippen molar-refractivity contribution in [3.8, 4) is 22.9 Å². The number of aromatic nitrogens is 4. The molecule has 9 nitrogen and oxygen atoms in total. The maximum Gasteiger partial charge on any atom is 0.263 e. The molecule has 1 N–H and O–H groups in total. The van der Waals surface area contributed by atoms with Crippen LogP contribution < -0.4 is 14.9 Å². The van der Waals surface area contributed by atoms with Gasteiger partial charge in [-0.15, -0.1) is 10.2 Å². The van der Waals surface area contributed by atoms with Gasteiger partial charge in [-0.3, -0.25) is 4.79 Å². The number of rotatable bonds is 8. The highest BCUT2D eigenvalue weighted by Gasteiger charge is 2.11. The van der Waals surface area contributed by atoms with Crippen molar-refractivity contribution < 1.29 is 18.7 Å². The molecular formula is C19H18FIN6O3. The lowest BCUT2D eigenvalue weighted by molar-refractivity contribution is -0.122. The predicted octanol–water partition coefficient (Wildman–Crippen LogP) is 2.64. The van der Waals surface area contributed by atoms with Crippen LogP contribution in [0.4, 0.5) is 4.39 Å².